The molecule has 38 heavy (non-hydrogen) atoms. The molecule has 2 aliphatic heterocycles. The Bertz CT molecular complexity index is 1560. The highest BCUT2D eigenvalue weighted by atomic mass is 32.2. The first kappa shape index (κ1) is 25.2. The topological polar surface area (TPSA) is 193 Å². The highest BCUT2D eigenvalue weighted by Crippen LogP contribution is 2.40. The van der Waals surface area contributed by atoms with Crippen LogP contribution in [0.25, 0.3) is 5.65 Å². The second kappa shape index (κ2) is 9.79. The van der Waals surface area contributed by atoms with Gasteiger partial charge >= 0.3 is 11.9 Å². The Hall–Kier alpha value is -4.44. The number of anilines is 1. The van der Waals surface area contributed by atoms with Gasteiger partial charge in [0, 0.05) is 22.8 Å². The first-order chi connectivity index (χ1) is 18.2. The molecule has 0 saturated carbocycles. The van der Waals surface area contributed by atoms with E-state index in [1.807, 2.05) is 0 Å². The third-order valence-corrected chi connectivity index (χ3v) is 7.98. The molecule has 0 aliphatic carbocycles. The number of aliphatic carboxylic acids is 1. The van der Waals surface area contributed by atoms with Crippen LogP contribution in [0.3, 0.4) is 0 Å². The van der Waals surface area contributed by atoms with Crippen LogP contribution in [0.1, 0.15) is 16.1 Å². The van der Waals surface area contributed by atoms with Crippen LogP contribution in [0.15, 0.2) is 52.5 Å². The Labute approximate surface area is 222 Å². The summed E-state index contributed by atoms with van der Waals surface area (Å²) in [6.45, 7) is 0.168. The highest BCUT2D eigenvalue weighted by molar-refractivity contribution is 8.00. The van der Waals surface area contributed by atoms with Crippen molar-refractivity contribution in [2.75, 3.05) is 18.6 Å². The molecule has 3 aromatic heterocycles. The van der Waals surface area contributed by atoms with Crippen molar-refractivity contribution in [2.24, 2.45) is 5.16 Å². The number of nitrogen functional groups attached to an aromatic ring is 1. The zero-order chi connectivity index (χ0) is 27.1. The Kier molecular flexibility index (Phi) is 6.50. The number of carbonyl (C=O) groups excluding carboxylic acids is 2. The molecule has 2 amide bonds. The number of nitrogens with two attached hydrogens (primary N) is 1. The number of pyridine rings is 1. The summed E-state index contributed by atoms with van der Waals surface area (Å²) in [4.78, 5) is 59.4. The number of carboxylic acid groups (broad SMARTS) is 2. The molecule has 0 aromatic carbocycles. The summed E-state index contributed by atoms with van der Waals surface area (Å²) in [5.74, 6) is -3.31. The summed E-state index contributed by atoms with van der Waals surface area (Å²) in [6.07, 6.45) is 4.82. The molecule has 2 aliphatic rings. The largest absolute Gasteiger partial charge is 0.478 e. The number of hydrogen-bond acceptors (Lipinski definition) is 10. The number of rotatable bonds is 8. The van der Waals surface area contributed by atoms with E-state index >= 15 is 0 Å². The van der Waals surface area contributed by atoms with Gasteiger partial charge < -0.3 is 26.1 Å². The Morgan fingerprint density at radius 3 is 2.76 bits per heavy atom. The minimum atomic E-state index is -1.26. The van der Waals surface area contributed by atoms with Gasteiger partial charge in [0.1, 0.15) is 55.1 Å². The molecule has 16 heteroatoms. The lowest BCUT2D eigenvalue weighted by Crippen LogP contribution is -2.71. The minimum absolute atomic E-state index is 0.109. The van der Waals surface area contributed by atoms with E-state index in [2.05, 4.69) is 15.5 Å². The number of carboxylic acids is 2. The van der Waals surface area contributed by atoms with Crippen molar-refractivity contribution in [3.8, 4) is 0 Å². The third-order valence-electron chi connectivity index (χ3n) is 5.96. The van der Waals surface area contributed by atoms with Crippen molar-refractivity contribution in [1.82, 2.24) is 19.6 Å². The van der Waals surface area contributed by atoms with Gasteiger partial charge in [0.15, 0.2) is 10.8 Å². The first-order valence-electron chi connectivity index (χ1n) is 11.0. The number of amides is 2. The first-order valence-corrected chi connectivity index (χ1v) is 12.9. The number of oxime groups is 1. The highest BCUT2D eigenvalue weighted by Gasteiger charge is 2.54. The number of fused-ring (bicyclic) bond motifs is 2. The number of nitrogens with one attached hydrogen (secondary N) is 1. The summed E-state index contributed by atoms with van der Waals surface area (Å²) in [5, 5.41) is 26.6. The van der Waals surface area contributed by atoms with Gasteiger partial charge in [-0.3, -0.25) is 14.5 Å². The number of aromatic nitrogens is 3. The molecular formula is C22H20N7O7S2+. The predicted octanol–water partition coefficient (Wildman–Crippen LogP) is -0.247. The number of imidazole rings is 1. The molecule has 0 unspecified atom stereocenters. The second-order valence-corrected chi connectivity index (χ2v) is 10.2. The fourth-order valence-electron chi connectivity index (χ4n) is 4.27. The van der Waals surface area contributed by atoms with Crippen molar-refractivity contribution in [1.29, 1.82) is 0 Å². The minimum Gasteiger partial charge on any atom is -0.478 e. The SMILES string of the molecule is CO/N=C(/C(=O)N[C@@H]1C(=O)N2C(C(=O)O)=C(C[n+]3ccn4cc(C(=O)O)ccc43)CS[C@H]12)c1csc(N)n1. The predicted molar refractivity (Wildman–Crippen MR) is 134 cm³/mol. The van der Waals surface area contributed by atoms with Crippen LogP contribution in [0.5, 0.6) is 0 Å². The number of aromatic carboxylic acids is 1. The summed E-state index contributed by atoms with van der Waals surface area (Å²) >= 11 is 2.43. The van der Waals surface area contributed by atoms with Gasteiger partial charge in [-0.05, 0) is 6.07 Å². The number of carbonyl (C=O) groups is 4. The number of β-lactam (4-membered cyclic amide) rings is 1. The molecule has 2 atom stereocenters. The van der Waals surface area contributed by atoms with E-state index in [1.54, 1.807) is 27.4 Å². The second-order valence-electron chi connectivity index (χ2n) is 8.23. The van der Waals surface area contributed by atoms with Gasteiger partial charge in [-0.2, -0.15) is 0 Å². The molecule has 5 heterocycles. The van der Waals surface area contributed by atoms with E-state index in [0.717, 1.165) is 11.3 Å². The Morgan fingerprint density at radius 1 is 1.32 bits per heavy atom. The van der Waals surface area contributed by atoms with Crippen molar-refractivity contribution >= 4 is 63.3 Å². The maximum Gasteiger partial charge on any atom is 0.352 e. The van der Waals surface area contributed by atoms with E-state index < -0.39 is 35.2 Å². The van der Waals surface area contributed by atoms with Gasteiger partial charge in [0.05, 0.1) is 5.56 Å². The lowest BCUT2D eigenvalue weighted by Gasteiger charge is -2.49. The molecule has 3 aromatic rings. The van der Waals surface area contributed by atoms with Crippen LogP contribution in [0, 0.1) is 0 Å². The van der Waals surface area contributed by atoms with Crippen LogP contribution < -0.4 is 15.6 Å². The van der Waals surface area contributed by atoms with Crippen molar-refractivity contribution in [3.05, 3.63) is 58.6 Å². The lowest BCUT2D eigenvalue weighted by atomic mass is 10.0. The number of nitrogens with zero attached hydrogens (tertiary/aromatic N) is 5. The van der Waals surface area contributed by atoms with Crippen LogP contribution in [0.2, 0.25) is 0 Å². The maximum atomic E-state index is 13.1. The molecule has 1 fully saturated rings. The molecule has 5 rings (SSSR count). The van der Waals surface area contributed by atoms with E-state index in [1.165, 1.54) is 41.4 Å². The summed E-state index contributed by atoms with van der Waals surface area (Å²) in [7, 11) is 1.26. The van der Waals surface area contributed by atoms with Crippen LogP contribution in [0.4, 0.5) is 5.13 Å². The Balaban J connectivity index is 1.37. The van der Waals surface area contributed by atoms with E-state index in [0.29, 0.717) is 17.0 Å². The van der Waals surface area contributed by atoms with Crippen molar-refractivity contribution < 1.29 is 38.8 Å². The zero-order valence-corrected chi connectivity index (χ0v) is 21.2. The molecule has 1 saturated heterocycles. The summed E-state index contributed by atoms with van der Waals surface area (Å²) < 4.78 is 3.39. The third kappa shape index (κ3) is 4.32. The van der Waals surface area contributed by atoms with Gasteiger partial charge in [0.2, 0.25) is 0 Å². The zero-order valence-electron chi connectivity index (χ0n) is 19.6. The molecule has 5 N–H and O–H groups in total. The van der Waals surface area contributed by atoms with Crippen molar-refractivity contribution in [2.45, 2.75) is 18.0 Å². The molecule has 196 valence electrons. The summed E-state index contributed by atoms with van der Waals surface area (Å²) in [5.41, 5.74) is 6.78. The number of hydrogen-bond donors (Lipinski definition) is 4. The molecular weight excluding hydrogens is 538 g/mol. The van der Waals surface area contributed by atoms with Crippen LogP contribution >= 0.6 is 23.1 Å². The van der Waals surface area contributed by atoms with E-state index in [-0.39, 0.29) is 34.3 Å². The Morgan fingerprint density at radius 2 is 2.11 bits per heavy atom. The summed E-state index contributed by atoms with van der Waals surface area (Å²) in [6, 6.07) is 2.11. The van der Waals surface area contributed by atoms with Gasteiger partial charge in [0.25, 0.3) is 17.5 Å². The lowest BCUT2D eigenvalue weighted by molar-refractivity contribution is -0.662. The van der Waals surface area contributed by atoms with E-state index in [4.69, 9.17) is 10.6 Å². The van der Waals surface area contributed by atoms with Gasteiger partial charge in [-0.1, -0.05) is 5.16 Å². The van der Waals surface area contributed by atoms with E-state index in [9.17, 15) is 29.4 Å². The van der Waals surface area contributed by atoms with Crippen LogP contribution in [-0.4, -0.2) is 78.2 Å². The standard InChI is InChI=1S/C22H19N7O7S2/c1-36-26-14(12-9-38-22(23)24-12)17(30)25-15-18(31)29-16(21(34)35)11(8-37-19(15)29)7-28-5-4-27-6-10(20(32)33)2-3-13(27)28/h2-6,9,15,19H,7-8H2,1H3,(H4-,23,24,25,30,32,33,34,35)/p+1/b26-14+/t15-,19-/m1/s1. The maximum absolute atomic E-state index is 13.1. The fraction of sp³-hybridized carbons (Fsp3) is 0.227. The average molecular weight is 559 g/mol. The molecule has 0 bridgehead atoms. The molecule has 0 radical (unpaired) electrons. The monoisotopic (exact) mass is 558 g/mol. The number of thioether (sulfide) groups is 1. The smallest absolute Gasteiger partial charge is 0.352 e. The molecule has 0 spiro atoms. The number of thiazole rings is 1. The quantitative estimate of drug-likeness (QED) is 0.124. The fourth-order valence-corrected chi connectivity index (χ4v) is 6.16. The van der Waals surface area contributed by atoms with Gasteiger partial charge in [-0.25, -0.2) is 23.5 Å². The van der Waals surface area contributed by atoms with Crippen molar-refractivity contribution in [3.63, 3.8) is 0 Å². The van der Waals surface area contributed by atoms with Crippen LogP contribution in [-0.2, 0) is 25.8 Å². The van der Waals surface area contributed by atoms with Gasteiger partial charge in [-0.15, -0.1) is 23.1 Å². The average Bonchev–Trinajstić information content (AvgIpc) is 3.50. The molecule has 14 nitrogen and oxygen atoms in total. The normalized spacial score (nSPS) is 19.2.